The minimum atomic E-state index is 0.0163. The predicted octanol–water partition coefficient (Wildman–Crippen LogP) is 2.22. The molecule has 0 aromatic heterocycles. The molecule has 0 fully saturated rings. The van der Waals surface area contributed by atoms with E-state index in [1.165, 1.54) is 6.26 Å². The van der Waals surface area contributed by atoms with Gasteiger partial charge < -0.3 is 9.84 Å². The molecule has 0 atom stereocenters. The molecular formula is C12H14O2. The number of hydrogen-bond donors (Lipinski definition) is 1. The highest BCUT2D eigenvalue weighted by atomic mass is 16.5. The first-order chi connectivity index (χ1) is 6.93. The summed E-state index contributed by atoms with van der Waals surface area (Å²) in [4.78, 5) is 0. The van der Waals surface area contributed by atoms with E-state index in [1.807, 2.05) is 42.5 Å². The maximum atomic E-state index is 8.42. The maximum absolute atomic E-state index is 8.42. The van der Waals surface area contributed by atoms with Crippen LogP contribution in [0.2, 0.25) is 0 Å². The van der Waals surface area contributed by atoms with Crippen molar-refractivity contribution in [2.75, 3.05) is 13.2 Å². The van der Waals surface area contributed by atoms with Crippen LogP contribution in [0.5, 0.6) is 0 Å². The quantitative estimate of drug-likeness (QED) is 0.570. The Balaban J connectivity index is 2.25. The Hall–Kier alpha value is -1.54. The summed E-state index contributed by atoms with van der Waals surface area (Å²) < 4.78 is 5.07. The van der Waals surface area contributed by atoms with E-state index in [0.29, 0.717) is 6.61 Å². The fraction of sp³-hybridized carbons (Fsp3) is 0.167. The van der Waals surface area contributed by atoms with Crippen LogP contribution >= 0.6 is 0 Å². The lowest BCUT2D eigenvalue weighted by molar-refractivity contribution is 0.280. The van der Waals surface area contributed by atoms with Crippen molar-refractivity contribution in [2.45, 2.75) is 0 Å². The smallest absolute Gasteiger partial charge is 0.106 e. The number of aliphatic hydroxyl groups is 1. The molecule has 0 saturated carbocycles. The Labute approximate surface area is 84.1 Å². The van der Waals surface area contributed by atoms with Crippen molar-refractivity contribution in [1.82, 2.24) is 0 Å². The maximum Gasteiger partial charge on any atom is 0.106 e. The van der Waals surface area contributed by atoms with Crippen LogP contribution in [0.1, 0.15) is 5.56 Å². The lowest BCUT2D eigenvalue weighted by Gasteiger charge is -1.94. The zero-order chi connectivity index (χ0) is 10.1. The molecular weight excluding hydrogens is 176 g/mol. The molecule has 0 spiro atoms. The average Bonchev–Trinajstić information content (AvgIpc) is 2.25. The molecule has 74 valence electrons. The number of ether oxygens (including phenoxy) is 1. The van der Waals surface area contributed by atoms with Crippen molar-refractivity contribution >= 4 is 6.08 Å². The van der Waals surface area contributed by atoms with Crippen molar-refractivity contribution in [1.29, 1.82) is 0 Å². The van der Waals surface area contributed by atoms with E-state index >= 15 is 0 Å². The molecule has 0 radical (unpaired) electrons. The Bertz CT molecular complexity index is 288. The number of benzene rings is 1. The van der Waals surface area contributed by atoms with Gasteiger partial charge in [0.1, 0.15) is 6.61 Å². The van der Waals surface area contributed by atoms with Gasteiger partial charge in [-0.3, -0.25) is 0 Å². The van der Waals surface area contributed by atoms with Crippen molar-refractivity contribution in [2.24, 2.45) is 0 Å². The van der Waals surface area contributed by atoms with Crippen molar-refractivity contribution in [3.8, 4) is 0 Å². The predicted molar refractivity (Wildman–Crippen MR) is 57.7 cm³/mol. The molecule has 1 rings (SSSR count). The van der Waals surface area contributed by atoms with Gasteiger partial charge in [-0.1, -0.05) is 36.4 Å². The normalized spacial score (nSPS) is 11.2. The zero-order valence-corrected chi connectivity index (χ0v) is 7.97. The fourth-order valence-electron chi connectivity index (χ4n) is 0.971. The second-order valence-corrected chi connectivity index (χ2v) is 2.70. The van der Waals surface area contributed by atoms with Gasteiger partial charge in [0, 0.05) is 0 Å². The second kappa shape index (κ2) is 6.92. The minimum Gasteiger partial charge on any atom is -0.497 e. The summed E-state index contributed by atoms with van der Waals surface area (Å²) in [7, 11) is 0. The lowest BCUT2D eigenvalue weighted by Crippen LogP contribution is -1.81. The summed E-state index contributed by atoms with van der Waals surface area (Å²) in [5.74, 6) is 0. The minimum absolute atomic E-state index is 0.0163. The van der Waals surface area contributed by atoms with Gasteiger partial charge in [-0.05, 0) is 17.7 Å². The van der Waals surface area contributed by atoms with E-state index in [2.05, 4.69) is 0 Å². The van der Waals surface area contributed by atoms with Crippen molar-refractivity contribution < 1.29 is 9.84 Å². The van der Waals surface area contributed by atoms with Crippen LogP contribution in [0.4, 0.5) is 0 Å². The molecule has 1 aromatic rings. The molecule has 0 aliphatic rings. The highest BCUT2D eigenvalue weighted by Crippen LogP contribution is 2.00. The van der Waals surface area contributed by atoms with E-state index < -0.39 is 0 Å². The van der Waals surface area contributed by atoms with Crippen LogP contribution in [0, 0.1) is 0 Å². The van der Waals surface area contributed by atoms with E-state index in [9.17, 15) is 0 Å². The third-order valence-electron chi connectivity index (χ3n) is 1.60. The SMILES string of the molecule is OCC=COC/C=C/c1ccccc1. The molecule has 1 N–H and O–H groups in total. The van der Waals surface area contributed by atoms with Gasteiger partial charge in [0.2, 0.25) is 0 Å². The van der Waals surface area contributed by atoms with E-state index in [-0.39, 0.29) is 6.61 Å². The Morgan fingerprint density at radius 1 is 1.14 bits per heavy atom. The standard InChI is InChI=1S/C12H14O2/c13-9-5-11-14-10-4-8-12-6-2-1-3-7-12/h1-8,11,13H,9-10H2/b8-4+,11-5?. The van der Waals surface area contributed by atoms with Gasteiger partial charge >= 0.3 is 0 Å². The Morgan fingerprint density at radius 3 is 2.64 bits per heavy atom. The molecule has 0 saturated heterocycles. The first-order valence-corrected chi connectivity index (χ1v) is 4.52. The van der Waals surface area contributed by atoms with Crippen LogP contribution in [0.15, 0.2) is 48.7 Å². The highest BCUT2D eigenvalue weighted by Gasteiger charge is 1.81. The van der Waals surface area contributed by atoms with Gasteiger partial charge in [0.05, 0.1) is 12.9 Å². The highest BCUT2D eigenvalue weighted by molar-refractivity contribution is 5.48. The number of hydrogen-bond acceptors (Lipinski definition) is 2. The first kappa shape index (κ1) is 10.5. The summed E-state index contributed by atoms with van der Waals surface area (Å²) in [6.45, 7) is 0.536. The van der Waals surface area contributed by atoms with Gasteiger partial charge in [0.25, 0.3) is 0 Å². The second-order valence-electron chi connectivity index (χ2n) is 2.70. The molecule has 0 amide bonds. The largest absolute Gasteiger partial charge is 0.497 e. The van der Waals surface area contributed by atoms with Crippen LogP contribution in [0.25, 0.3) is 6.08 Å². The van der Waals surface area contributed by atoms with Gasteiger partial charge in [-0.15, -0.1) is 0 Å². The van der Waals surface area contributed by atoms with Crippen LogP contribution in [-0.2, 0) is 4.74 Å². The first-order valence-electron chi connectivity index (χ1n) is 4.52. The monoisotopic (exact) mass is 190 g/mol. The average molecular weight is 190 g/mol. The molecule has 1 aromatic carbocycles. The summed E-state index contributed by atoms with van der Waals surface area (Å²) in [6, 6.07) is 10.0. The summed E-state index contributed by atoms with van der Waals surface area (Å²) >= 11 is 0. The summed E-state index contributed by atoms with van der Waals surface area (Å²) in [6.07, 6.45) is 6.97. The van der Waals surface area contributed by atoms with Gasteiger partial charge in [0.15, 0.2) is 0 Å². The van der Waals surface area contributed by atoms with Crippen LogP contribution in [0.3, 0.4) is 0 Å². The number of aliphatic hydroxyl groups excluding tert-OH is 1. The van der Waals surface area contributed by atoms with Crippen molar-refractivity contribution in [3.05, 3.63) is 54.3 Å². The van der Waals surface area contributed by atoms with Gasteiger partial charge in [-0.2, -0.15) is 0 Å². The molecule has 0 heterocycles. The molecule has 0 unspecified atom stereocenters. The molecule has 2 nitrogen and oxygen atoms in total. The Kier molecular flexibility index (Phi) is 5.21. The summed E-state index contributed by atoms with van der Waals surface area (Å²) in [5, 5.41) is 8.42. The molecule has 0 aliphatic heterocycles. The molecule has 2 heteroatoms. The van der Waals surface area contributed by atoms with E-state index in [1.54, 1.807) is 6.08 Å². The third kappa shape index (κ3) is 4.48. The van der Waals surface area contributed by atoms with Crippen LogP contribution in [-0.4, -0.2) is 18.3 Å². The van der Waals surface area contributed by atoms with E-state index in [4.69, 9.17) is 9.84 Å². The van der Waals surface area contributed by atoms with Gasteiger partial charge in [-0.25, -0.2) is 0 Å². The van der Waals surface area contributed by atoms with Crippen molar-refractivity contribution in [3.63, 3.8) is 0 Å². The molecule has 0 aliphatic carbocycles. The zero-order valence-electron chi connectivity index (χ0n) is 7.97. The van der Waals surface area contributed by atoms with Crippen LogP contribution < -0.4 is 0 Å². The lowest BCUT2D eigenvalue weighted by atomic mass is 10.2. The molecule has 0 bridgehead atoms. The molecule has 14 heavy (non-hydrogen) atoms. The Morgan fingerprint density at radius 2 is 1.93 bits per heavy atom. The fourth-order valence-corrected chi connectivity index (χ4v) is 0.971. The topological polar surface area (TPSA) is 29.5 Å². The third-order valence-corrected chi connectivity index (χ3v) is 1.60. The van der Waals surface area contributed by atoms with E-state index in [0.717, 1.165) is 5.56 Å². The number of rotatable bonds is 5. The summed E-state index contributed by atoms with van der Waals surface area (Å²) in [5.41, 5.74) is 1.15.